The zero-order chi connectivity index (χ0) is 13.7. The fraction of sp³-hybridized carbons (Fsp3) is 0.500. The van der Waals surface area contributed by atoms with Gasteiger partial charge in [-0.05, 0) is 24.6 Å². The van der Waals surface area contributed by atoms with Crippen LogP contribution in [0.4, 0.5) is 0 Å². The Morgan fingerprint density at radius 3 is 2.84 bits per heavy atom. The highest BCUT2D eigenvalue weighted by atomic mass is 79.9. The van der Waals surface area contributed by atoms with E-state index in [0.29, 0.717) is 41.6 Å². The van der Waals surface area contributed by atoms with Crippen LogP contribution < -0.4 is 14.8 Å². The van der Waals surface area contributed by atoms with Gasteiger partial charge in [-0.3, -0.25) is 4.79 Å². The van der Waals surface area contributed by atoms with E-state index in [-0.39, 0.29) is 5.91 Å². The molecule has 0 bridgehead atoms. The Morgan fingerprint density at radius 1 is 1.37 bits per heavy atom. The maximum Gasteiger partial charge on any atom is 0.251 e. The monoisotopic (exact) mass is 327 g/mol. The number of halogens is 1. The van der Waals surface area contributed by atoms with Gasteiger partial charge < -0.3 is 14.8 Å². The van der Waals surface area contributed by atoms with E-state index in [2.05, 4.69) is 28.2 Å². The zero-order valence-electron chi connectivity index (χ0n) is 10.9. The molecule has 0 saturated carbocycles. The number of nitrogens with one attached hydrogen (secondary N) is 1. The van der Waals surface area contributed by atoms with E-state index in [0.717, 1.165) is 12.8 Å². The summed E-state index contributed by atoms with van der Waals surface area (Å²) < 4.78 is 10.9. The second-order valence-corrected chi connectivity index (χ2v) is 5.75. The van der Waals surface area contributed by atoms with Crippen LogP contribution in [0.5, 0.6) is 11.5 Å². The Bertz CT molecular complexity index is 450. The average Bonchev–Trinajstić information content (AvgIpc) is 2.44. The molecule has 1 aliphatic rings. The van der Waals surface area contributed by atoms with Gasteiger partial charge in [-0.15, -0.1) is 0 Å². The molecule has 0 spiro atoms. The van der Waals surface area contributed by atoms with Crippen molar-refractivity contribution in [3.8, 4) is 11.5 Å². The molecule has 1 atom stereocenters. The summed E-state index contributed by atoms with van der Waals surface area (Å²) in [7, 11) is 0. The first-order valence-electron chi connectivity index (χ1n) is 6.52. The molecule has 104 valence electrons. The molecular weight excluding hydrogens is 310 g/mol. The molecule has 4 nitrogen and oxygen atoms in total. The molecule has 1 aromatic carbocycles. The minimum Gasteiger partial charge on any atom is -0.486 e. The molecule has 2 rings (SSSR count). The van der Waals surface area contributed by atoms with Crippen molar-refractivity contribution in [1.82, 2.24) is 5.32 Å². The molecule has 1 heterocycles. The fourth-order valence-corrected chi connectivity index (χ4v) is 2.53. The SMILES string of the molecule is CCCC(Br)CNC(=O)c1ccc2c(c1)OCCO2. The van der Waals surface area contributed by atoms with E-state index in [1.807, 2.05) is 0 Å². The molecule has 19 heavy (non-hydrogen) atoms. The normalized spacial score (nSPS) is 14.8. The summed E-state index contributed by atoms with van der Waals surface area (Å²) in [6, 6.07) is 5.26. The predicted octanol–water partition coefficient (Wildman–Crippen LogP) is 2.75. The second kappa shape index (κ2) is 6.80. The molecule has 1 unspecified atom stereocenters. The fourth-order valence-electron chi connectivity index (χ4n) is 1.91. The van der Waals surface area contributed by atoms with Crippen LogP contribution in [0.1, 0.15) is 30.1 Å². The Balaban J connectivity index is 1.95. The van der Waals surface area contributed by atoms with Crippen molar-refractivity contribution in [3.63, 3.8) is 0 Å². The van der Waals surface area contributed by atoms with Crippen molar-refractivity contribution in [2.24, 2.45) is 0 Å². The maximum atomic E-state index is 12.0. The number of alkyl halides is 1. The lowest BCUT2D eigenvalue weighted by molar-refractivity contribution is 0.0952. The van der Waals surface area contributed by atoms with E-state index in [4.69, 9.17) is 9.47 Å². The predicted molar refractivity (Wildman–Crippen MR) is 77.4 cm³/mol. The van der Waals surface area contributed by atoms with Crippen molar-refractivity contribution in [3.05, 3.63) is 23.8 Å². The zero-order valence-corrected chi connectivity index (χ0v) is 12.5. The summed E-state index contributed by atoms with van der Waals surface area (Å²) in [4.78, 5) is 12.3. The number of rotatable bonds is 5. The number of amides is 1. The number of carbonyl (C=O) groups excluding carboxylic acids is 1. The standard InChI is InChI=1S/C14H18BrNO3/c1-2-3-11(15)9-16-14(17)10-4-5-12-13(8-10)19-7-6-18-12/h4-5,8,11H,2-3,6-7,9H2,1H3,(H,16,17). The van der Waals surface area contributed by atoms with Gasteiger partial charge >= 0.3 is 0 Å². The average molecular weight is 328 g/mol. The van der Waals surface area contributed by atoms with Crippen molar-refractivity contribution < 1.29 is 14.3 Å². The van der Waals surface area contributed by atoms with Crippen LogP contribution in [-0.4, -0.2) is 30.5 Å². The first-order valence-corrected chi connectivity index (χ1v) is 7.44. The van der Waals surface area contributed by atoms with Crippen molar-refractivity contribution in [2.45, 2.75) is 24.6 Å². The highest BCUT2D eigenvalue weighted by molar-refractivity contribution is 9.09. The van der Waals surface area contributed by atoms with Gasteiger partial charge in [0.05, 0.1) is 0 Å². The number of benzene rings is 1. The summed E-state index contributed by atoms with van der Waals surface area (Å²) in [5.74, 6) is 1.26. The molecule has 0 fully saturated rings. The first-order chi connectivity index (χ1) is 9.20. The van der Waals surface area contributed by atoms with E-state index in [1.165, 1.54) is 0 Å². The minimum absolute atomic E-state index is 0.0856. The number of hydrogen-bond acceptors (Lipinski definition) is 3. The van der Waals surface area contributed by atoms with E-state index in [9.17, 15) is 4.79 Å². The van der Waals surface area contributed by atoms with Gasteiger partial charge in [-0.1, -0.05) is 29.3 Å². The van der Waals surface area contributed by atoms with E-state index in [1.54, 1.807) is 18.2 Å². The molecule has 5 heteroatoms. The Kier molecular flexibility index (Phi) is 5.07. The van der Waals surface area contributed by atoms with Gasteiger partial charge in [0.2, 0.25) is 0 Å². The third kappa shape index (κ3) is 3.86. The third-order valence-corrected chi connectivity index (χ3v) is 3.67. The molecule has 0 saturated heterocycles. The molecule has 0 aromatic heterocycles. The van der Waals surface area contributed by atoms with Gasteiger partial charge in [-0.25, -0.2) is 0 Å². The van der Waals surface area contributed by atoms with Gasteiger partial charge in [-0.2, -0.15) is 0 Å². The van der Waals surface area contributed by atoms with Crippen molar-refractivity contribution in [1.29, 1.82) is 0 Å². The number of carbonyl (C=O) groups is 1. The molecule has 0 aliphatic carbocycles. The summed E-state index contributed by atoms with van der Waals surface area (Å²) in [5.41, 5.74) is 0.598. The lowest BCUT2D eigenvalue weighted by atomic mass is 10.1. The van der Waals surface area contributed by atoms with Crippen LogP contribution in [-0.2, 0) is 0 Å². The smallest absolute Gasteiger partial charge is 0.251 e. The maximum absolute atomic E-state index is 12.0. The van der Waals surface area contributed by atoms with Crippen LogP contribution in [0.3, 0.4) is 0 Å². The summed E-state index contributed by atoms with van der Waals surface area (Å²) in [6.07, 6.45) is 2.14. The molecule has 0 radical (unpaired) electrons. The van der Waals surface area contributed by atoms with Gasteiger partial charge in [0.25, 0.3) is 5.91 Å². The lowest BCUT2D eigenvalue weighted by Gasteiger charge is -2.18. The minimum atomic E-state index is -0.0856. The van der Waals surface area contributed by atoms with Crippen LogP contribution in [0.2, 0.25) is 0 Å². The highest BCUT2D eigenvalue weighted by Crippen LogP contribution is 2.30. The first kappa shape index (κ1) is 14.2. The van der Waals surface area contributed by atoms with Crippen LogP contribution >= 0.6 is 15.9 Å². The van der Waals surface area contributed by atoms with Crippen LogP contribution in [0, 0.1) is 0 Å². The highest BCUT2D eigenvalue weighted by Gasteiger charge is 2.15. The molecule has 1 aromatic rings. The molecule has 1 amide bonds. The van der Waals surface area contributed by atoms with Crippen LogP contribution in [0.25, 0.3) is 0 Å². The molecule has 1 N–H and O–H groups in total. The van der Waals surface area contributed by atoms with Crippen molar-refractivity contribution >= 4 is 21.8 Å². The Labute approximate surface area is 121 Å². The number of hydrogen-bond donors (Lipinski definition) is 1. The summed E-state index contributed by atoms with van der Waals surface area (Å²) >= 11 is 3.54. The van der Waals surface area contributed by atoms with E-state index >= 15 is 0 Å². The number of fused-ring (bicyclic) bond motifs is 1. The second-order valence-electron chi connectivity index (χ2n) is 4.45. The lowest BCUT2D eigenvalue weighted by Crippen LogP contribution is -2.29. The van der Waals surface area contributed by atoms with Crippen molar-refractivity contribution in [2.75, 3.05) is 19.8 Å². The number of ether oxygens (including phenoxy) is 2. The van der Waals surface area contributed by atoms with Gasteiger partial charge in [0.15, 0.2) is 11.5 Å². The van der Waals surface area contributed by atoms with E-state index < -0.39 is 0 Å². The van der Waals surface area contributed by atoms with Gasteiger partial charge in [0.1, 0.15) is 13.2 Å². The topological polar surface area (TPSA) is 47.6 Å². The van der Waals surface area contributed by atoms with Gasteiger partial charge in [0, 0.05) is 16.9 Å². The Morgan fingerprint density at radius 2 is 2.11 bits per heavy atom. The third-order valence-electron chi connectivity index (χ3n) is 2.89. The largest absolute Gasteiger partial charge is 0.486 e. The quantitative estimate of drug-likeness (QED) is 0.846. The van der Waals surface area contributed by atoms with Crippen LogP contribution in [0.15, 0.2) is 18.2 Å². The molecule has 1 aliphatic heterocycles. The summed E-state index contributed by atoms with van der Waals surface area (Å²) in [6.45, 7) is 3.83. The summed E-state index contributed by atoms with van der Waals surface area (Å²) in [5, 5.41) is 2.91. The molecular formula is C14H18BrNO3. The Hall–Kier alpha value is -1.23.